The van der Waals surface area contributed by atoms with E-state index < -0.39 is 20.1 Å². The number of benzene rings is 9. The van der Waals surface area contributed by atoms with Gasteiger partial charge in [0.05, 0.1) is 0 Å². The Bertz CT molecular complexity index is 5120. The lowest BCUT2D eigenvalue weighted by molar-refractivity contribution is -0.0399. The molecule has 0 unspecified atom stereocenters. The van der Waals surface area contributed by atoms with Crippen LogP contribution in [0.5, 0.6) is 0 Å². The molecule has 13 heteroatoms. The fraction of sp³-hybridized carbons (Fsp3) is 0.200. The molecule has 93 heavy (non-hydrogen) atoms. The summed E-state index contributed by atoms with van der Waals surface area (Å²) < 4.78 is 2.52. The predicted octanol–water partition coefficient (Wildman–Crippen LogP) is 21.4. The molecule has 4 heterocycles. The zero-order chi connectivity index (χ0) is 63.1. The lowest BCUT2D eigenvalue weighted by Crippen LogP contribution is -2.55. The number of rotatable bonds is 11. The van der Waals surface area contributed by atoms with Crippen LogP contribution in [0.2, 0.25) is 10.0 Å². The molecule has 4 fully saturated rings. The van der Waals surface area contributed by atoms with Gasteiger partial charge in [0.25, 0.3) is 0 Å². The second-order valence-electron chi connectivity index (χ2n) is 27.3. The van der Waals surface area contributed by atoms with Crippen LogP contribution in [-0.2, 0) is 5.41 Å². The summed E-state index contributed by atoms with van der Waals surface area (Å²) >= 11 is 14.8. The molecule has 5 aliphatic carbocycles. The standard InChI is InChI=1S/C80H66Cl2N8S3/c1-92(2,3)59-29-18-50(19-30-59)75-85-74(48-14-25-57(81)26-15-48)87-78(88-75)53-23-33-61(67(43-53)66-12-9-11-65-64-10-7-8-13-71(64)91-72(65)66)52-22-34-62-63-35-24-54(45-69(63)80(68(62)44-52)55-39-46-38-47(41-55)42-56(80)40-46)73-83-37-36-70(84-73)79-89-76(49-16-27-58(82)28-17-49)86-77(90-79)51-20-31-60(32-21-51)93(4,5)6/h7-37,43-47,55-56H,38-42H2,1-6H3. The van der Waals surface area contributed by atoms with Gasteiger partial charge in [-0.3, -0.25) is 0 Å². The summed E-state index contributed by atoms with van der Waals surface area (Å²) in [7, 11) is -1.86. The summed E-state index contributed by atoms with van der Waals surface area (Å²) in [6, 6.07) is 71.8. The number of halogens is 2. The summed E-state index contributed by atoms with van der Waals surface area (Å²) in [6.45, 7) is 0. The van der Waals surface area contributed by atoms with E-state index in [9.17, 15) is 0 Å². The summed E-state index contributed by atoms with van der Waals surface area (Å²) in [5, 5.41) is 3.83. The first-order valence-electron chi connectivity index (χ1n) is 31.9. The largest absolute Gasteiger partial charge is 0.237 e. The molecular formula is C80H66Cl2N8S3. The number of hydrogen-bond donors (Lipinski definition) is 0. The normalized spacial score (nSPS) is 19.1. The van der Waals surface area contributed by atoms with Gasteiger partial charge in [-0.05, 0) is 245 Å². The average molecular weight is 1310 g/mol. The molecule has 13 aromatic rings. The van der Waals surface area contributed by atoms with Crippen LogP contribution in [0, 0.1) is 23.7 Å². The predicted molar refractivity (Wildman–Crippen MR) is 391 cm³/mol. The third-order valence-electron chi connectivity index (χ3n) is 20.2. The van der Waals surface area contributed by atoms with Crippen LogP contribution in [0.15, 0.2) is 216 Å². The minimum Gasteiger partial charge on any atom is -0.237 e. The first-order chi connectivity index (χ1) is 45.0. The Balaban J connectivity index is 0.807. The maximum atomic E-state index is 6.48. The monoisotopic (exact) mass is 1300 g/mol. The highest BCUT2D eigenvalue weighted by molar-refractivity contribution is 8.32. The lowest BCUT2D eigenvalue weighted by atomic mass is 9.43. The van der Waals surface area contributed by atoms with Gasteiger partial charge in [0.2, 0.25) is 0 Å². The molecule has 0 radical (unpaired) electrons. The zero-order valence-corrected chi connectivity index (χ0v) is 56.5. The average Bonchev–Trinajstić information content (AvgIpc) is 1.56. The van der Waals surface area contributed by atoms with E-state index in [1.165, 1.54) is 101 Å². The Morgan fingerprint density at radius 3 is 1.34 bits per heavy atom. The van der Waals surface area contributed by atoms with Crippen LogP contribution < -0.4 is 0 Å². The molecule has 0 aliphatic heterocycles. The van der Waals surface area contributed by atoms with Gasteiger partial charge in [0, 0.05) is 80.8 Å². The SMILES string of the molecule is CS(C)(C)c1ccc(-c2nc(-c3ccc(Cl)cc3)nc(-c3ccc(-c4ccc5c(c4)C4(c6cc(-c7nccc(-c8nc(-c9ccc(Cl)cc9)nc(-c9ccc(S(C)(C)C)cc9)n8)n7)ccc6-5)C5CC6CC(C5)CC4C6)c(-c4cccc5c4sc4ccccc45)c3)n2)cc1. The maximum Gasteiger partial charge on any atom is 0.182 e. The molecule has 18 rings (SSSR count). The van der Waals surface area contributed by atoms with Gasteiger partial charge in [0.15, 0.2) is 40.8 Å². The first-order valence-corrected chi connectivity index (χ1v) is 39.1. The molecular weight excluding hydrogens is 1240 g/mol. The molecule has 8 nitrogen and oxygen atoms in total. The number of thiophene rings is 1. The van der Waals surface area contributed by atoms with Gasteiger partial charge in [-0.2, -0.15) is 0 Å². The fourth-order valence-electron chi connectivity index (χ4n) is 16.0. The van der Waals surface area contributed by atoms with E-state index in [4.69, 9.17) is 63.1 Å². The van der Waals surface area contributed by atoms with Crippen LogP contribution in [0.4, 0.5) is 0 Å². The van der Waals surface area contributed by atoms with E-state index in [0.717, 1.165) is 50.8 Å². The van der Waals surface area contributed by atoms with Crippen molar-refractivity contribution in [1.29, 1.82) is 0 Å². The fourth-order valence-corrected chi connectivity index (χ4v) is 19.4. The second kappa shape index (κ2) is 22.4. The topological polar surface area (TPSA) is 103 Å². The third kappa shape index (κ3) is 10.2. The van der Waals surface area contributed by atoms with Crippen LogP contribution in [0.3, 0.4) is 0 Å². The van der Waals surface area contributed by atoms with E-state index in [1.807, 2.05) is 72.1 Å². The Hall–Kier alpha value is -8.42. The number of hydrogen-bond acceptors (Lipinski definition) is 9. The Kier molecular flexibility index (Phi) is 14.1. The zero-order valence-electron chi connectivity index (χ0n) is 52.5. The summed E-state index contributed by atoms with van der Waals surface area (Å²) in [4.78, 5) is 44.1. The van der Waals surface area contributed by atoms with Crippen LogP contribution in [0.1, 0.15) is 43.2 Å². The quantitative estimate of drug-likeness (QED) is 0.126. The van der Waals surface area contributed by atoms with Gasteiger partial charge in [-0.1, -0.05) is 120 Å². The maximum absolute atomic E-state index is 6.48. The van der Waals surface area contributed by atoms with Crippen LogP contribution in [-0.4, -0.2) is 77.4 Å². The van der Waals surface area contributed by atoms with E-state index in [-0.39, 0.29) is 5.41 Å². The number of nitrogens with zero attached hydrogens (tertiary/aromatic N) is 8. The number of fused-ring (bicyclic) bond motifs is 6. The van der Waals surface area contributed by atoms with Crippen LogP contribution >= 0.6 is 54.6 Å². The lowest BCUT2D eigenvalue weighted by Gasteiger charge is -2.61. The van der Waals surface area contributed by atoms with Crippen molar-refractivity contribution in [1.82, 2.24) is 39.9 Å². The Morgan fingerprint density at radius 2 is 0.806 bits per heavy atom. The molecule has 4 aromatic heterocycles. The number of aromatic nitrogens is 8. The van der Waals surface area contributed by atoms with E-state index >= 15 is 0 Å². The second-order valence-corrected chi connectivity index (χ2v) is 37.6. The van der Waals surface area contributed by atoms with Crippen molar-refractivity contribution in [2.75, 3.05) is 37.5 Å². The summed E-state index contributed by atoms with van der Waals surface area (Å²) in [5.74, 6) is 6.62. The van der Waals surface area contributed by atoms with Crippen molar-refractivity contribution in [3.63, 3.8) is 0 Å². The van der Waals surface area contributed by atoms with Crippen molar-refractivity contribution < 1.29 is 0 Å². The van der Waals surface area contributed by atoms with Gasteiger partial charge in [-0.25, -0.2) is 59.9 Å². The molecule has 1 spiro atoms. The van der Waals surface area contributed by atoms with Gasteiger partial charge >= 0.3 is 0 Å². The van der Waals surface area contributed by atoms with E-state index in [2.05, 4.69) is 183 Å². The molecule has 0 amide bonds. The van der Waals surface area contributed by atoms with Crippen molar-refractivity contribution >= 4 is 74.8 Å². The smallest absolute Gasteiger partial charge is 0.182 e. The first kappa shape index (κ1) is 58.4. The molecule has 5 aliphatic rings. The van der Waals surface area contributed by atoms with Gasteiger partial charge in [-0.15, -0.1) is 11.3 Å². The summed E-state index contributed by atoms with van der Waals surface area (Å²) in [5.41, 5.74) is 16.1. The van der Waals surface area contributed by atoms with Crippen molar-refractivity contribution in [3.05, 3.63) is 228 Å². The molecule has 458 valence electrons. The molecule has 0 N–H and O–H groups in total. The van der Waals surface area contributed by atoms with Crippen molar-refractivity contribution in [3.8, 4) is 113 Å². The molecule has 0 saturated heterocycles. The molecule has 0 atom stereocenters. The summed E-state index contributed by atoms with van der Waals surface area (Å²) in [6.07, 6.45) is 22.1. The highest BCUT2D eigenvalue weighted by Crippen LogP contribution is 2.70. The van der Waals surface area contributed by atoms with Crippen molar-refractivity contribution in [2.24, 2.45) is 23.7 Å². The Morgan fingerprint density at radius 1 is 0.366 bits per heavy atom. The highest BCUT2D eigenvalue weighted by atomic mass is 35.5. The van der Waals surface area contributed by atoms with E-state index in [0.29, 0.717) is 68.3 Å². The van der Waals surface area contributed by atoms with Gasteiger partial charge in [0.1, 0.15) is 5.69 Å². The molecule has 4 bridgehead atoms. The Labute approximate surface area is 559 Å². The third-order valence-corrected chi connectivity index (χ3v) is 25.3. The molecule has 4 saturated carbocycles. The van der Waals surface area contributed by atoms with Gasteiger partial charge < -0.3 is 0 Å². The van der Waals surface area contributed by atoms with Crippen LogP contribution in [0.25, 0.3) is 133 Å². The minimum absolute atomic E-state index is 0.181. The highest BCUT2D eigenvalue weighted by Gasteiger charge is 2.61. The molecule has 9 aromatic carbocycles. The minimum atomic E-state index is -0.939. The van der Waals surface area contributed by atoms with E-state index in [1.54, 1.807) is 0 Å². The van der Waals surface area contributed by atoms with Crippen molar-refractivity contribution in [2.45, 2.75) is 47.3 Å².